The van der Waals surface area contributed by atoms with Crippen LogP contribution in [0.5, 0.6) is 0 Å². The van der Waals surface area contributed by atoms with Gasteiger partial charge in [-0.1, -0.05) is 29.3 Å². The molecule has 1 saturated heterocycles. The fourth-order valence-electron chi connectivity index (χ4n) is 4.27. The molecule has 0 radical (unpaired) electrons. The summed E-state index contributed by atoms with van der Waals surface area (Å²) >= 11 is 18.1. The van der Waals surface area contributed by atoms with Crippen LogP contribution in [-0.4, -0.2) is 29.7 Å². The van der Waals surface area contributed by atoms with Crippen LogP contribution in [-0.2, 0) is 9.53 Å². The molecule has 1 aliphatic rings. The number of furan rings is 1. The van der Waals surface area contributed by atoms with Gasteiger partial charge in [0, 0.05) is 30.2 Å². The number of anilines is 2. The molecule has 1 aliphatic heterocycles. The third-order valence-electron chi connectivity index (χ3n) is 5.93. The number of rotatable bonds is 7. The number of pyridine rings is 1. The summed E-state index contributed by atoms with van der Waals surface area (Å²) < 4.78 is 11.2. The van der Waals surface area contributed by atoms with Crippen molar-refractivity contribution in [2.24, 2.45) is 0 Å². The second-order valence-corrected chi connectivity index (χ2v) is 9.56. The highest BCUT2D eigenvalue weighted by Gasteiger charge is 2.42. The second-order valence-electron chi connectivity index (χ2n) is 8.36. The quantitative estimate of drug-likeness (QED) is 0.256. The molecule has 2 aromatic carbocycles. The number of nitrogens with zero attached hydrogens (tertiary/aromatic N) is 2. The van der Waals surface area contributed by atoms with Gasteiger partial charge in [-0.2, -0.15) is 0 Å². The Morgan fingerprint density at radius 2 is 1.92 bits per heavy atom. The van der Waals surface area contributed by atoms with E-state index in [9.17, 15) is 4.79 Å². The van der Waals surface area contributed by atoms with Gasteiger partial charge in [0.2, 0.25) is 5.91 Å². The van der Waals surface area contributed by atoms with Gasteiger partial charge in [-0.3, -0.25) is 9.78 Å². The number of hydrogen-bond donors (Lipinski definition) is 2. The van der Waals surface area contributed by atoms with Crippen molar-refractivity contribution in [3.63, 3.8) is 0 Å². The molecule has 3 heterocycles. The zero-order valence-corrected chi connectivity index (χ0v) is 22.0. The minimum Gasteiger partial charge on any atom is -0.459 e. The highest BCUT2D eigenvalue weighted by atomic mass is 35.5. The molecule has 0 aliphatic carbocycles. The van der Waals surface area contributed by atoms with Crippen molar-refractivity contribution in [1.29, 1.82) is 0 Å². The molecular weight excluding hydrogens is 531 g/mol. The fraction of sp³-hybridized carbons (Fsp3) is 0.148. The van der Waals surface area contributed by atoms with E-state index in [0.29, 0.717) is 32.4 Å². The molecule has 0 unspecified atom stereocenters. The molecule has 10 heteroatoms. The van der Waals surface area contributed by atoms with Crippen LogP contribution in [0, 0.1) is 0 Å². The number of ether oxygens (including phenoxy) is 1. The van der Waals surface area contributed by atoms with Crippen molar-refractivity contribution >= 4 is 57.8 Å². The lowest BCUT2D eigenvalue weighted by atomic mass is 10.0. The predicted molar refractivity (Wildman–Crippen MR) is 149 cm³/mol. The number of thiocarbonyl (C=S) groups is 1. The Labute approximate surface area is 229 Å². The minimum absolute atomic E-state index is 0.0185. The number of nitrogens with one attached hydrogen (secondary N) is 2. The fourth-order valence-corrected chi connectivity index (χ4v) is 4.92. The van der Waals surface area contributed by atoms with Gasteiger partial charge in [-0.15, -0.1) is 0 Å². The Bertz CT molecular complexity index is 1430. The van der Waals surface area contributed by atoms with Crippen molar-refractivity contribution in [2.45, 2.75) is 12.1 Å². The summed E-state index contributed by atoms with van der Waals surface area (Å²) in [5.41, 5.74) is 3.12. The second kappa shape index (κ2) is 10.9. The van der Waals surface area contributed by atoms with Gasteiger partial charge in [-0.05, 0) is 78.9 Å². The molecular formula is C27H22Cl2N4O3S. The van der Waals surface area contributed by atoms with Crippen molar-refractivity contribution in [1.82, 2.24) is 10.3 Å². The standard InChI is InChI=1S/C27H22Cl2N4O3S/c1-35-15-24(34)31-17-6-8-18(9-7-17)33-26(25(32-27(33)37)21-4-2-3-13-30-21)23-12-11-22(36-23)16-5-10-19(28)20(29)14-16/h2-14,25-26H,15H2,1H3,(H,31,34)(H,32,37)/t25-,26+/m0/s1. The van der Waals surface area contributed by atoms with E-state index in [-0.39, 0.29) is 24.6 Å². The van der Waals surface area contributed by atoms with Crippen LogP contribution in [0.25, 0.3) is 11.3 Å². The van der Waals surface area contributed by atoms with Crippen molar-refractivity contribution < 1.29 is 13.9 Å². The molecule has 1 amide bonds. The molecule has 4 aromatic rings. The van der Waals surface area contributed by atoms with Gasteiger partial charge in [-0.25, -0.2) is 0 Å². The molecule has 7 nitrogen and oxygen atoms in total. The number of benzene rings is 2. The van der Waals surface area contributed by atoms with Crippen LogP contribution in [0.15, 0.2) is 83.4 Å². The smallest absolute Gasteiger partial charge is 0.250 e. The minimum atomic E-state index is -0.326. The summed E-state index contributed by atoms with van der Waals surface area (Å²) in [5, 5.41) is 7.67. The Balaban J connectivity index is 1.51. The lowest BCUT2D eigenvalue weighted by Crippen LogP contribution is -2.29. The van der Waals surface area contributed by atoms with E-state index >= 15 is 0 Å². The van der Waals surface area contributed by atoms with E-state index in [1.54, 1.807) is 18.3 Å². The summed E-state index contributed by atoms with van der Waals surface area (Å²) in [7, 11) is 1.48. The topological polar surface area (TPSA) is 79.6 Å². The molecule has 0 saturated carbocycles. The normalized spacial score (nSPS) is 17.1. The molecule has 188 valence electrons. The largest absolute Gasteiger partial charge is 0.459 e. The van der Waals surface area contributed by atoms with E-state index in [1.165, 1.54) is 7.11 Å². The Kier molecular flexibility index (Phi) is 7.43. The molecule has 0 bridgehead atoms. The molecule has 2 aromatic heterocycles. The summed E-state index contributed by atoms with van der Waals surface area (Å²) in [4.78, 5) is 18.4. The molecule has 2 N–H and O–H groups in total. The first-order valence-corrected chi connectivity index (χ1v) is 12.6. The third kappa shape index (κ3) is 5.33. The highest BCUT2D eigenvalue weighted by molar-refractivity contribution is 7.80. The van der Waals surface area contributed by atoms with Crippen LogP contribution < -0.4 is 15.5 Å². The van der Waals surface area contributed by atoms with Crippen LogP contribution in [0.1, 0.15) is 23.5 Å². The van der Waals surface area contributed by atoms with E-state index in [4.69, 9.17) is 44.6 Å². The maximum absolute atomic E-state index is 11.9. The first kappa shape index (κ1) is 25.2. The molecule has 2 atom stereocenters. The SMILES string of the molecule is COCC(=O)Nc1ccc(N2C(=S)N[C@@H](c3ccccn3)[C@H]2c2ccc(-c3ccc(Cl)c(Cl)c3)o2)cc1. The highest BCUT2D eigenvalue weighted by Crippen LogP contribution is 2.43. The number of methoxy groups -OCH3 is 1. The van der Waals surface area contributed by atoms with E-state index in [0.717, 1.165) is 16.9 Å². The van der Waals surface area contributed by atoms with Gasteiger partial charge in [0.25, 0.3) is 0 Å². The van der Waals surface area contributed by atoms with Crippen LogP contribution in [0.4, 0.5) is 11.4 Å². The summed E-state index contributed by atoms with van der Waals surface area (Å²) in [6.07, 6.45) is 1.75. The van der Waals surface area contributed by atoms with Gasteiger partial charge >= 0.3 is 0 Å². The third-order valence-corrected chi connectivity index (χ3v) is 6.98. The maximum Gasteiger partial charge on any atom is 0.250 e. The molecule has 5 rings (SSSR count). The number of halogens is 2. The first-order valence-electron chi connectivity index (χ1n) is 11.4. The maximum atomic E-state index is 11.9. The van der Waals surface area contributed by atoms with Gasteiger partial charge in [0.05, 0.1) is 21.8 Å². The predicted octanol–water partition coefficient (Wildman–Crippen LogP) is 6.41. The number of carbonyl (C=O) groups is 1. The molecule has 37 heavy (non-hydrogen) atoms. The summed E-state index contributed by atoms with van der Waals surface area (Å²) in [5.74, 6) is 1.12. The number of amides is 1. The van der Waals surface area contributed by atoms with Gasteiger partial charge < -0.3 is 24.7 Å². The Hall–Kier alpha value is -3.43. The monoisotopic (exact) mass is 552 g/mol. The van der Waals surface area contributed by atoms with Crippen molar-refractivity contribution in [3.8, 4) is 11.3 Å². The van der Waals surface area contributed by atoms with Crippen molar-refractivity contribution in [2.75, 3.05) is 23.9 Å². The average Bonchev–Trinajstić information content (AvgIpc) is 3.51. The van der Waals surface area contributed by atoms with E-state index < -0.39 is 0 Å². The Morgan fingerprint density at radius 3 is 2.62 bits per heavy atom. The zero-order valence-electron chi connectivity index (χ0n) is 19.7. The zero-order chi connectivity index (χ0) is 25.9. The van der Waals surface area contributed by atoms with E-state index in [1.807, 2.05) is 65.6 Å². The summed E-state index contributed by atoms with van der Waals surface area (Å²) in [6, 6.07) is 21.8. The van der Waals surface area contributed by atoms with Crippen LogP contribution >= 0.6 is 35.4 Å². The van der Waals surface area contributed by atoms with Crippen LogP contribution in [0.3, 0.4) is 0 Å². The lowest BCUT2D eigenvalue weighted by Gasteiger charge is -2.26. The molecule has 1 fully saturated rings. The van der Waals surface area contributed by atoms with E-state index in [2.05, 4.69) is 15.6 Å². The number of hydrogen-bond acceptors (Lipinski definition) is 5. The number of aromatic nitrogens is 1. The Morgan fingerprint density at radius 1 is 1.11 bits per heavy atom. The van der Waals surface area contributed by atoms with Gasteiger partial charge in [0.15, 0.2) is 5.11 Å². The summed E-state index contributed by atoms with van der Waals surface area (Å²) in [6.45, 7) is -0.0185. The lowest BCUT2D eigenvalue weighted by molar-refractivity contribution is -0.119. The average molecular weight is 553 g/mol. The molecule has 0 spiro atoms. The van der Waals surface area contributed by atoms with Crippen molar-refractivity contribution in [3.05, 3.63) is 100 Å². The van der Waals surface area contributed by atoms with Crippen LogP contribution in [0.2, 0.25) is 10.0 Å². The first-order chi connectivity index (χ1) is 17.9. The number of carbonyl (C=O) groups excluding carboxylic acids is 1. The van der Waals surface area contributed by atoms with Gasteiger partial charge in [0.1, 0.15) is 24.2 Å².